The molecule has 0 saturated heterocycles. The van der Waals surface area contributed by atoms with Crippen molar-refractivity contribution in [3.8, 4) is 5.75 Å². The number of methoxy groups -OCH3 is 1. The lowest BCUT2D eigenvalue weighted by atomic mass is 10.2. The molecule has 17 heavy (non-hydrogen) atoms. The van der Waals surface area contributed by atoms with Gasteiger partial charge in [0.1, 0.15) is 5.75 Å². The molecule has 2 rings (SSSR count). The minimum absolute atomic E-state index is 0.839. The second kappa shape index (κ2) is 5.64. The van der Waals surface area contributed by atoms with Gasteiger partial charge in [0, 0.05) is 10.7 Å². The average Bonchev–Trinajstić information content (AvgIpc) is 2.37. The Bertz CT molecular complexity index is 520. The summed E-state index contributed by atoms with van der Waals surface area (Å²) < 4.78 is 6.14. The van der Waals surface area contributed by atoms with E-state index in [0.717, 1.165) is 21.5 Å². The zero-order chi connectivity index (χ0) is 12.1. The van der Waals surface area contributed by atoms with E-state index in [0.29, 0.717) is 0 Å². The smallest absolute Gasteiger partial charge is 0.119 e. The molecule has 0 aromatic heterocycles. The Morgan fingerprint density at radius 2 is 1.88 bits per heavy atom. The summed E-state index contributed by atoms with van der Waals surface area (Å²) in [4.78, 5) is 4.39. The van der Waals surface area contributed by atoms with Crippen molar-refractivity contribution in [1.82, 2.24) is 0 Å². The maximum Gasteiger partial charge on any atom is 0.119 e. The molecule has 0 atom stereocenters. The molecule has 0 saturated carbocycles. The van der Waals surface area contributed by atoms with E-state index in [2.05, 4.69) is 20.9 Å². The monoisotopic (exact) mass is 289 g/mol. The molecule has 0 radical (unpaired) electrons. The van der Waals surface area contributed by atoms with Gasteiger partial charge in [0.25, 0.3) is 0 Å². The quantitative estimate of drug-likeness (QED) is 0.776. The first-order chi connectivity index (χ1) is 8.28. The molecule has 0 aliphatic heterocycles. The summed E-state index contributed by atoms with van der Waals surface area (Å²) in [6.07, 6.45) is 1.84. The van der Waals surface area contributed by atoms with Gasteiger partial charge in [-0.3, -0.25) is 4.99 Å². The van der Waals surface area contributed by atoms with E-state index < -0.39 is 0 Å². The van der Waals surface area contributed by atoms with Crippen LogP contribution in [0, 0.1) is 0 Å². The number of halogens is 1. The number of ether oxygens (including phenoxy) is 1. The van der Waals surface area contributed by atoms with Gasteiger partial charge in [-0.2, -0.15) is 0 Å². The number of rotatable bonds is 3. The van der Waals surface area contributed by atoms with Crippen LogP contribution in [0.15, 0.2) is 58.0 Å². The number of aliphatic imine (C=N–C) groups is 1. The van der Waals surface area contributed by atoms with Gasteiger partial charge in [-0.15, -0.1) is 0 Å². The normalized spacial score (nSPS) is 10.7. The highest BCUT2D eigenvalue weighted by Crippen LogP contribution is 2.18. The van der Waals surface area contributed by atoms with Crippen LogP contribution in [0.3, 0.4) is 0 Å². The fourth-order valence-corrected chi connectivity index (χ4v) is 1.82. The van der Waals surface area contributed by atoms with Crippen molar-refractivity contribution in [2.24, 2.45) is 4.99 Å². The van der Waals surface area contributed by atoms with Gasteiger partial charge in [0.15, 0.2) is 0 Å². The van der Waals surface area contributed by atoms with Crippen molar-refractivity contribution in [3.05, 3.63) is 58.6 Å². The molecule has 0 amide bonds. The van der Waals surface area contributed by atoms with Crippen molar-refractivity contribution in [1.29, 1.82) is 0 Å². The van der Waals surface area contributed by atoms with Crippen molar-refractivity contribution in [2.45, 2.75) is 0 Å². The van der Waals surface area contributed by atoms with Crippen LogP contribution in [-0.4, -0.2) is 13.3 Å². The summed E-state index contributed by atoms with van der Waals surface area (Å²) >= 11 is 3.43. The summed E-state index contributed by atoms with van der Waals surface area (Å²) in [5.74, 6) is 0.839. The molecule has 0 fully saturated rings. The first-order valence-corrected chi connectivity index (χ1v) is 6.01. The molecule has 86 valence electrons. The number of hydrogen-bond acceptors (Lipinski definition) is 2. The van der Waals surface area contributed by atoms with Gasteiger partial charge >= 0.3 is 0 Å². The van der Waals surface area contributed by atoms with E-state index in [4.69, 9.17) is 4.74 Å². The molecular weight excluding hydrogens is 278 g/mol. The molecule has 0 heterocycles. The van der Waals surface area contributed by atoms with Crippen molar-refractivity contribution >= 4 is 27.8 Å². The molecular formula is C14H12BrNO. The van der Waals surface area contributed by atoms with Crippen LogP contribution >= 0.6 is 15.9 Å². The largest absolute Gasteiger partial charge is 0.497 e. The molecule has 2 nitrogen and oxygen atoms in total. The Balaban J connectivity index is 2.14. The molecule has 3 heteroatoms. The Kier molecular flexibility index (Phi) is 3.94. The van der Waals surface area contributed by atoms with Crippen LogP contribution in [0.4, 0.5) is 5.69 Å². The number of hydrogen-bond donors (Lipinski definition) is 0. The van der Waals surface area contributed by atoms with Crippen LogP contribution in [0.1, 0.15) is 5.56 Å². The Morgan fingerprint density at radius 1 is 1.12 bits per heavy atom. The number of nitrogens with zero attached hydrogens (tertiary/aromatic N) is 1. The van der Waals surface area contributed by atoms with E-state index in [1.165, 1.54) is 0 Å². The van der Waals surface area contributed by atoms with E-state index in [9.17, 15) is 0 Å². The summed E-state index contributed by atoms with van der Waals surface area (Å²) in [7, 11) is 1.65. The maximum atomic E-state index is 5.09. The SMILES string of the molecule is COc1ccc(N=Cc2cccc(Br)c2)cc1. The predicted octanol–water partition coefficient (Wildman–Crippen LogP) is 4.21. The molecule has 0 bridgehead atoms. The second-order valence-electron chi connectivity index (χ2n) is 3.51. The zero-order valence-electron chi connectivity index (χ0n) is 9.43. The van der Waals surface area contributed by atoms with Crippen LogP contribution in [-0.2, 0) is 0 Å². The maximum absolute atomic E-state index is 5.09. The lowest BCUT2D eigenvalue weighted by Gasteiger charge is -1.99. The number of benzene rings is 2. The van der Waals surface area contributed by atoms with Gasteiger partial charge in [-0.05, 0) is 42.0 Å². The Labute approximate surface area is 109 Å². The molecule has 2 aromatic carbocycles. The topological polar surface area (TPSA) is 21.6 Å². The lowest BCUT2D eigenvalue weighted by molar-refractivity contribution is 0.415. The van der Waals surface area contributed by atoms with Crippen LogP contribution < -0.4 is 4.74 Å². The third kappa shape index (κ3) is 3.43. The van der Waals surface area contributed by atoms with E-state index in [-0.39, 0.29) is 0 Å². The van der Waals surface area contributed by atoms with E-state index in [1.807, 2.05) is 54.7 Å². The average molecular weight is 290 g/mol. The van der Waals surface area contributed by atoms with Crippen LogP contribution in [0.5, 0.6) is 5.75 Å². The standard InChI is InChI=1S/C14H12BrNO/c1-17-14-7-5-13(6-8-14)16-10-11-3-2-4-12(15)9-11/h2-10H,1H3. The van der Waals surface area contributed by atoms with Crippen molar-refractivity contribution in [3.63, 3.8) is 0 Å². The van der Waals surface area contributed by atoms with Gasteiger partial charge < -0.3 is 4.74 Å². The van der Waals surface area contributed by atoms with E-state index in [1.54, 1.807) is 7.11 Å². The highest BCUT2D eigenvalue weighted by molar-refractivity contribution is 9.10. The lowest BCUT2D eigenvalue weighted by Crippen LogP contribution is -1.81. The molecule has 0 aliphatic carbocycles. The minimum Gasteiger partial charge on any atom is -0.497 e. The van der Waals surface area contributed by atoms with Crippen molar-refractivity contribution in [2.75, 3.05) is 7.11 Å². The first-order valence-electron chi connectivity index (χ1n) is 5.21. The van der Waals surface area contributed by atoms with Gasteiger partial charge in [0.2, 0.25) is 0 Å². The molecule has 0 N–H and O–H groups in total. The third-order valence-corrected chi connectivity index (χ3v) is 2.78. The Hall–Kier alpha value is -1.61. The highest BCUT2D eigenvalue weighted by atomic mass is 79.9. The predicted molar refractivity (Wildman–Crippen MR) is 74.4 cm³/mol. The fraction of sp³-hybridized carbons (Fsp3) is 0.0714. The van der Waals surface area contributed by atoms with Gasteiger partial charge in [0.05, 0.1) is 12.8 Å². The highest BCUT2D eigenvalue weighted by Gasteiger charge is 1.92. The Morgan fingerprint density at radius 3 is 2.53 bits per heavy atom. The van der Waals surface area contributed by atoms with Gasteiger partial charge in [-0.25, -0.2) is 0 Å². The van der Waals surface area contributed by atoms with E-state index >= 15 is 0 Å². The summed E-state index contributed by atoms with van der Waals surface area (Å²) in [5, 5.41) is 0. The van der Waals surface area contributed by atoms with Crippen LogP contribution in [0.2, 0.25) is 0 Å². The molecule has 0 aliphatic rings. The zero-order valence-corrected chi connectivity index (χ0v) is 11.0. The molecule has 2 aromatic rings. The van der Waals surface area contributed by atoms with Crippen LogP contribution in [0.25, 0.3) is 0 Å². The fourth-order valence-electron chi connectivity index (χ4n) is 1.40. The first kappa shape index (κ1) is 11.9. The molecule has 0 unspecified atom stereocenters. The summed E-state index contributed by atoms with van der Waals surface area (Å²) in [5.41, 5.74) is 1.97. The summed E-state index contributed by atoms with van der Waals surface area (Å²) in [6, 6.07) is 15.6. The molecule has 0 spiro atoms. The minimum atomic E-state index is 0.839. The van der Waals surface area contributed by atoms with Crippen molar-refractivity contribution < 1.29 is 4.74 Å². The third-order valence-electron chi connectivity index (χ3n) is 2.28. The second-order valence-corrected chi connectivity index (χ2v) is 4.43. The summed E-state index contributed by atoms with van der Waals surface area (Å²) in [6.45, 7) is 0. The van der Waals surface area contributed by atoms with Gasteiger partial charge in [-0.1, -0.05) is 28.1 Å².